The minimum Gasteiger partial charge on any atom is -0.377 e. The number of aryl methyl sites for hydroxylation is 2. The summed E-state index contributed by atoms with van der Waals surface area (Å²) in [4.78, 5) is 6.68. The molecule has 0 saturated carbocycles. The number of anilines is 1. The van der Waals surface area contributed by atoms with Crippen molar-refractivity contribution in [2.24, 2.45) is 0 Å². The standard InChI is InChI=1S/C14H13ClFN3S/c1-8-7-19-13(9(2)18-14(19)20-8)6-17-12-4-3-10(15)5-11(12)16/h3-5,7,17H,6H2,1-2H3. The molecule has 0 amide bonds. The summed E-state index contributed by atoms with van der Waals surface area (Å²) in [6.45, 7) is 4.52. The lowest BCUT2D eigenvalue weighted by molar-refractivity contribution is 0.630. The molecule has 0 bridgehead atoms. The lowest BCUT2D eigenvalue weighted by atomic mass is 10.3. The first-order valence-electron chi connectivity index (χ1n) is 6.17. The number of hydrogen-bond donors (Lipinski definition) is 1. The maximum atomic E-state index is 13.7. The van der Waals surface area contributed by atoms with Crippen LogP contribution in [0.2, 0.25) is 5.02 Å². The van der Waals surface area contributed by atoms with Crippen molar-refractivity contribution in [3.8, 4) is 0 Å². The van der Waals surface area contributed by atoms with Crippen LogP contribution in [0.3, 0.4) is 0 Å². The zero-order valence-electron chi connectivity index (χ0n) is 11.1. The Bertz CT molecular complexity index is 778. The van der Waals surface area contributed by atoms with Gasteiger partial charge in [0.05, 0.1) is 23.6 Å². The highest BCUT2D eigenvalue weighted by molar-refractivity contribution is 7.17. The third-order valence-electron chi connectivity index (χ3n) is 3.12. The van der Waals surface area contributed by atoms with Crippen LogP contribution in [0, 0.1) is 19.7 Å². The quantitative estimate of drug-likeness (QED) is 0.776. The number of nitrogens with one attached hydrogen (secondary N) is 1. The molecule has 3 rings (SSSR count). The smallest absolute Gasteiger partial charge is 0.194 e. The first-order chi connectivity index (χ1) is 9.54. The average molecular weight is 310 g/mol. The Morgan fingerprint density at radius 3 is 2.95 bits per heavy atom. The van der Waals surface area contributed by atoms with E-state index in [2.05, 4.69) is 20.9 Å². The third kappa shape index (κ3) is 2.39. The van der Waals surface area contributed by atoms with Gasteiger partial charge in [-0.15, -0.1) is 11.3 Å². The first kappa shape index (κ1) is 13.4. The molecule has 0 atom stereocenters. The molecule has 6 heteroatoms. The van der Waals surface area contributed by atoms with Gasteiger partial charge in [0.2, 0.25) is 0 Å². The highest BCUT2D eigenvalue weighted by Gasteiger charge is 2.11. The van der Waals surface area contributed by atoms with Gasteiger partial charge in [0.15, 0.2) is 4.96 Å². The van der Waals surface area contributed by atoms with E-state index in [1.54, 1.807) is 23.5 Å². The molecule has 2 aromatic heterocycles. The lowest BCUT2D eigenvalue weighted by Crippen LogP contribution is -2.05. The number of thiazole rings is 1. The Morgan fingerprint density at radius 2 is 2.20 bits per heavy atom. The van der Waals surface area contributed by atoms with Gasteiger partial charge in [0.25, 0.3) is 0 Å². The Morgan fingerprint density at radius 1 is 1.40 bits per heavy atom. The number of hydrogen-bond acceptors (Lipinski definition) is 3. The van der Waals surface area contributed by atoms with Crippen molar-refractivity contribution in [3.05, 3.63) is 51.5 Å². The molecular formula is C14H13ClFN3S. The van der Waals surface area contributed by atoms with E-state index < -0.39 is 0 Å². The van der Waals surface area contributed by atoms with Crippen LogP contribution in [0.1, 0.15) is 16.3 Å². The summed E-state index contributed by atoms with van der Waals surface area (Å²) in [6.07, 6.45) is 2.05. The van der Waals surface area contributed by atoms with E-state index in [1.807, 2.05) is 13.8 Å². The van der Waals surface area contributed by atoms with E-state index in [4.69, 9.17) is 11.6 Å². The molecule has 0 aliphatic carbocycles. The SMILES string of the molecule is Cc1cn2c(CNc3ccc(Cl)cc3F)c(C)nc2s1. The van der Waals surface area contributed by atoms with Crippen LogP contribution in [0.4, 0.5) is 10.1 Å². The lowest BCUT2D eigenvalue weighted by Gasteiger charge is -2.08. The van der Waals surface area contributed by atoms with E-state index in [-0.39, 0.29) is 5.82 Å². The number of nitrogens with zero attached hydrogens (tertiary/aromatic N) is 2. The summed E-state index contributed by atoms with van der Waals surface area (Å²) in [6, 6.07) is 4.61. The maximum Gasteiger partial charge on any atom is 0.194 e. The topological polar surface area (TPSA) is 29.3 Å². The molecule has 0 saturated heterocycles. The molecule has 2 heterocycles. The number of fused-ring (bicyclic) bond motifs is 1. The van der Waals surface area contributed by atoms with Crippen molar-refractivity contribution in [1.82, 2.24) is 9.38 Å². The molecule has 3 nitrogen and oxygen atoms in total. The predicted molar refractivity (Wildman–Crippen MR) is 81.3 cm³/mol. The normalized spacial score (nSPS) is 11.2. The average Bonchev–Trinajstić information content (AvgIpc) is 2.84. The van der Waals surface area contributed by atoms with Gasteiger partial charge in [-0.3, -0.25) is 4.40 Å². The van der Waals surface area contributed by atoms with Gasteiger partial charge >= 0.3 is 0 Å². The maximum absolute atomic E-state index is 13.7. The molecule has 0 spiro atoms. The largest absolute Gasteiger partial charge is 0.377 e. The fourth-order valence-corrected chi connectivity index (χ4v) is 3.18. The van der Waals surface area contributed by atoms with Crippen LogP contribution in [-0.4, -0.2) is 9.38 Å². The Kier molecular flexibility index (Phi) is 3.40. The second-order valence-corrected chi connectivity index (χ2v) is 6.27. The number of rotatable bonds is 3. The summed E-state index contributed by atoms with van der Waals surface area (Å²) in [5.41, 5.74) is 2.44. The zero-order chi connectivity index (χ0) is 14.3. The summed E-state index contributed by atoms with van der Waals surface area (Å²) in [5.74, 6) is -0.350. The van der Waals surface area contributed by atoms with Gasteiger partial charge in [-0.25, -0.2) is 9.37 Å². The van der Waals surface area contributed by atoms with Crippen LogP contribution in [0.15, 0.2) is 24.4 Å². The number of halogens is 2. The molecule has 1 aromatic carbocycles. The fourth-order valence-electron chi connectivity index (χ4n) is 2.13. The second-order valence-electron chi connectivity index (χ2n) is 4.62. The van der Waals surface area contributed by atoms with Gasteiger partial charge in [-0.1, -0.05) is 11.6 Å². The van der Waals surface area contributed by atoms with E-state index in [1.165, 1.54) is 10.9 Å². The second kappa shape index (κ2) is 5.07. The summed E-state index contributed by atoms with van der Waals surface area (Å²) in [5, 5.41) is 3.49. The minimum atomic E-state index is -0.350. The van der Waals surface area contributed by atoms with Gasteiger partial charge < -0.3 is 5.32 Å². The number of aromatic nitrogens is 2. The van der Waals surface area contributed by atoms with Gasteiger partial charge in [-0.05, 0) is 32.0 Å². The molecule has 3 aromatic rings. The number of imidazole rings is 1. The van der Waals surface area contributed by atoms with E-state index in [0.29, 0.717) is 17.3 Å². The predicted octanol–water partition coefficient (Wildman–Crippen LogP) is 4.42. The molecule has 0 radical (unpaired) electrons. The van der Waals surface area contributed by atoms with Crippen molar-refractivity contribution < 1.29 is 4.39 Å². The summed E-state index contributed by atoms with van der Waals surface area (Å²) in [7, 11) is 0. The molecule has 0 aliphatic heterocycles. The molecular weight excluding hydrogens is 297 g/mol. The van der Waals surface area contributed by atoms with Crippen molar-refractivity contribution >= 4 is 33.6 Å². The molecule has 0 unspecified atom stereocenters. The first-order valence-corrected chi connectivity index (χ1v) is 7.37. The molecule has 0 aliphatic rings. The Labute approximate surface area is 125 Å². The fraction of sp³-hybridized carbons (Fsp3) is 0.214. The monoisotopic (exact) mass is 309 g/mol. The van der Waals surface area contributed by atoms with Gasteiger partial charge in [0, 0.05) is 16.1 Å². The Hall–Kier alpha value is -1.59. The summed E-state index contributed by atoms with van der Waals surface area (Å²) >= 11 is 7.39. The van der Waals surface area contributed by atoms with E-state index >= 15 is 0 Å². The van der Waals surface area contributed by atoms with Crippen LogP contribution in [-0.2, 0) is 6.54 Å². The van der Waals surface area contributed by atoms with E-state index in [0.717, 1.165) is 16.3 Å². The summed E-state index contributed by atoms with van der Waals surface area (Å²) < 4.78 is 15.8. The molecule has 20 heavy (non-hydrogen) atoms. The third-order valence-corrected chi connectivity index (χ3v) is 4.25. The Balaban J connectivity index is 1.87. The van der Waals surface area contributed by atoms with Crippen LogP contribution in [0.25, 0.3) is 4.96 Å². The molecule has 104 valence electrons. The van der Waals surface area contributed by atoms with Crippen LogP contribution in [0.5, 0.6) is 0 Å². The highest BCUT2D eigenvalue weighted by Crippen LogP contribution is 2.23. The van der Waals surface area contributed by atoms with Crippen molar-refractivity contribution in [3.63, 3.8) is 0 Å². The van der Waals surface area contributed by atoms with Crippen molar-refractivity contribution in [2.75, 3.05) is 5.32 Å². The minimum absolute atomic E-state index is 0.350. The van der Waals surface area contributed by atoms with Crippen molar-refractivity contribution in [1.29, 1.82) is 0 Å². The number of benzene rings is 1. The van der Waals surface area contributed by atoms with Crippen LogP contribution >= 0.6 is 22.9 Å². The zero-order valence-corrected chi connectivity index (χ0v) is 12.6. The van der Waals surface area contributed by atoms with E-state index in [9.17, 15) is 4.39 Å². The highest BCUT2D eigenvalue weighted by atomic mass is 35.5. The van der Waals surface area contributed by atoms with Crippen molar-refractivity contribution in [2.45, 2.75) is 20.4 Å². The van der Waals surface area contributed by atoms with Crippen LogP contribution < -0.4 is 5.32 Å². The van der Waals surface area contributed by atoms with Gasteiger partial charge in [-0.2, -0.15) is 0 Å². The molecule has 0 fully saturated rings. The molecule has 1 N–H and O–H groups in total. The van der Waals surface area contributed by atoms with Gasteiger partial charge in [0.1, 0.15) is 5.82 Å².